The van der Waals surface area contributed by atoms with Crippen LogP contribution in [-0.2, 0) is 6.42 Å². The van der Waals surface area contributed by atoms with E-state index in [0.717, 1.165) is 18.0 Å². The molecule has 4 heteroatoms. The summed E-state index contributed by atoms with van der Waals surface area (Å²) in [7, 11) is 4.22. The molecule has 0 bridgehead atoms. The SMILES string of the molecule is CN(C)CCc1c[nH]c2ccc(Sc3ccccn3)cc12. The Morgan fingerprint density at radius 3 is 2.86 bits per heavy atom. The highest BCUT2D eigenvalue weighted by Crippen LogP contribution is 2.30. The number of aromatic nitrogens is 2. The van der Waals surface area contributed by atoms with Gasteiger partial charge >= 0.3 is 0 Å². The Balaban J connectivity index is 1.86. The normalized spacial score (nSPS) is 11.4. The van der Waals surface area contributed by atoms with E-state index in [-0.39, 0.29) is 0 Å². The van der Waals surface area contributed by atoms with Crippen molar-refractivity contribution in [2.45, 2.75) is 16.3 Å². The van der Waals surface area contributed by atoms with Crippen LogP contribution in [-0.4, -0.2) is 35.5 Å². The molecule has 2 heterocycles. The fourth-order valence-electron chi connectivity index (χ4n) is 2.30. The molecule has 0 aliphatic rings. The molecule has 0 unspecified atom stereocenters. The molecule has 21 heavy (non-hydrogen) atoms. The molecule has 0 amide bonds. The summed E-state index contributed by atoms with van der Waals surface area (Å²) in [6.07, 6.45) is 5.02. The molecule has 3 nitrogen and oxygen atoms in total. The number of nitrogens with one attached hydrogen (secondary N) is 1. The van der Waals surface area contributed by atoms with Crippen molar-refractivity contribution in [1.82, 2.24) is 14.9 Å². The van der Waals surface area contributed by atoms with E-state index in [1.54, 1.807) is 11.8 Å². The van der Waals surface area contributed by atoms with Gasteiger partial charge in [-0.2, -0.15) is 0 Å². The second kappa shape index (κ2) is 6.33. The maximum absolute atomic E-state index is 4.37. The third-order valence-electron chi connectivity index (χ3n) is 3.43. The largest absolute Gasteiger partial charge is 0.361 e. The minimum absolute atomic E-state index is 1.03. The first-order chi connectivity index (χ1) is 10.2. The molecule has 1 aromatic carbocycles. The molecule has 0 fully saturated rings. The van der Waals surface area contributed by atoms with Gasteiger partial charge in [0, 0.05) is 34.7 Å². The van der Waals surface area contributed by atoms with Crippen LogP contribution in [0.2, 0.25) is 0 Å². The van der Waals surface area contributed by atoms with Crippen molar-refractivity contribution in [1.29, 1.82) is 0 Å². The lowest BCUT2D eigenvalue weighted by molar-refractivity contribution is 0.414. The first-order valence-electron chi connectivity index (χ1n) is 7.06. The lowest BCUT2D eigenvalue weighted by atomic mass is 10.1. The molecule has 3 rings (SSSR count). The predicted octanol–water partition coefficient (Wildman–Crippen LogP) is 3.82. The molecule has 0 radical (unpaired) electrons. The number of hydrogen-bond donors (Lipinski definition) is 1. The molecule has 108 valence electrons. The van der Waals surface area contributed by atoms with Gasteiger partial charge in [0.05, 0.1) is 0 Å². The standard InChI is InChI=1S/C17H19N3S/c1-20(2)10-8-13-12-19-16-7-6-14(11-15(13)16)21-17-5-3-4-9-18-17/h3-7,9,11-12,19H,8,10H2,1-2H3. The van der Waals surface area contributed by atoms with Crippen LogP contribution in [0.15, 0.2) is 58.7 Å². The Morgan fingerprint density at radius 1 is 1.19 bits per heavy atom. The number of pyridine rings is 1. The van der Waals surface area contributed by atoms with Gasteiger partial charge in [-0.3, -0.25) is 0 Å². The molecule has 0 spiro atoms. The zero-order chi connectivity index (χ0) is 14.7. The van der Waals surface area contributed by atoms with E-state index in [0.29, 0.717) is 0 Å². The molecule has 0 aliphatic carbocycles. The first kappa shape index (κ1) is 14.2. The predicted molar refractivity (Wildman–Crippen MR) is 88.9 cm³/mol. The monoisotopic (exact) mass is 297 g/mol. The van der Waals surface area contributed by atoms with Crippen LogP contribution >= 0.6 is 11.8 Å². The van der Waals surface area contributed by atoms with Gasteiger partial charge in [-0.15, -0.1) is 0 Å². The van der Waals surface area contributed by atoms with Gasteiger partial charge in [-0.05, 0) is 56.4 Å². The Hall–Kier alpha value is -1.78. The van der Waals surface area contributed by atoms with Crippen molar-refractivity contribution in [2.24, 2.45) is 0 Å². The minimum Gasteiger partial charge on any atom is -0.361 e. The molecule has 0 atom stereocenters. The summed E-state index contributed by atoms with van der Waals surface area (Å²) in [5.74, 6) is 0. The highest BCUT2D eigenvalue weighted by molar-refractivity contribution is 7.99. The van der Waals surface area contributed by atoms with E-state index < -0.39 is 0 Å². The minimum atomic E-state index is 1.03. The molecule has 1 N–H and O–H groups in total. The molecule has 2 aromatic heterocycles. The quantitative estimate of drug-likeness (QED) is 0.777. The lowest BCUT2D eigenvalue weighted by Crippen LogP contribution is -2.14. The third-order valence-corrected chi connectivity index (χ3v) is 4.37. The molecule has 0 saturated carbocycles. The highest BCUT2D eigenvalue weighted by Gasteiger charge is 2.06. The summed E-state index contributed by atoms with van der Waals surface area (Å²) in [4.78, 5) is 11.2. The number of fused-ring (bicyclic) bond motifs is 1. The van der Waals surface area contributed by atoms with E-state index in [2.05, 4.69) is 53.4 Å². The smallest absolute Gasteiger partial charge is 0.101 e. The van der Waals surface area contributed by atoms with Crippen LogP contribution in [0.4, 0.5) is 0 Å². The first-order valence-corrected chi connectivity index (χ1v) is 7.87. The Labute approximate surface area is 129 Å². The Morgan fingerprint density at radius 2 is 2.10 bits per heavy atom. The van der Waals surface area contributed by atoms with Crippen molar-refractivity contribution in [3.63, 3.8) is 0 Å². The number of hydrogen-bond acceptors (Lipinski definition) is 3. The summed E-state index contributed by atoms with van der Waals surface area (Å²) in [6.45, 7) is 1.06. The summed E-state index contributed by atoms with van der Waals surface area (Å²) >= 11 is 1.70. The van der Waals surface area contributed by atoms with Gasteiger partial charge in [0.1, 0.15) is 5.03 Å². The van der Waals surface area contributed by atoms with Crippen molar-refractivity contribution in [3.05, 3.63) is 54.4 Å². The fraction of sp³-hybridized carbons (Fsp3) is 0.235. The number of H-pyrrole nitrogens is 1. The zero-order valence-electron chi connectivity index (χ0n) is 12.3. The summed E-state index contributed by atoms with van der Waals surface area (Å²) < 4.78 is 0. The maximum Gasteiger partial charge on any atom is 0.101 e. The fourth-order valence-corrected chi connectivity index (χ4v) is 3.11. The third kappa shape index (κ3) is 3.46. The molecular weight excluding hydrogens is 278 g/mol. The van der Waals surface area contributed by atoms with Gasteiger partial charge < -0.3 is 9.88 Å². The van der Waals surface area contributed by atoms with Crippen molar-refractivity contribution in [3.8, 4) is 0 Å². The maximum atomic E-state index is 4.37. The topological polar surface area (TPSA) is 31.9 Å². The van der Waals surface area contributed by atoms with Crippen molar-refractivity contribution in [2.75, 3.05) is 20.6 Å². The molecule has 3 aromatic rings. The number of rotatable bonds is 5. The highest BCUT2D eigenvalue weighted by atomic mass is 32.2. The van der Waals surface area contributed by atoms with Gasteiger partial charge in [0.25, 0.3) is 0 Å². The number of nitrogens with zero attached hydrogens (tertiary/aromatic N) is 2. The molecule has 0 aliphatic heterocycles. The summed E-state index contributed by atoms with van der Waals surface area (Å²) in [5.41, 5.74) is 2.58. The van der Waals surface area contributed by atoms with Gasteiger partial charge in [-0.1, -0.05) is 17.8 Å². The second-order valence-electron chi connectivity index (χ2n) is 5.34. The van der Waals surface area contributed by atoms with Crippen LogP contribution in [0.1, 0.15) is 5.56 Å². The van der Waals surface area contributed by atoms with Gasteiger partial charge in [0.2, 0.25) is 0 Å². The van der Waals surface area contributed by atoms with Crippen LogP contribution in [0.5, 0.6) is 0 Å². The average Bonchev–Trinajstić information content (AvgIpc) is 2.88. The summed E-state index contributed by atoms with van der Waals surface area (Å²) in [6, 6.07) is 12.6. The van der Waals surface area contributed by atoms with Crippen LogP contribution in [0.3, 0.4) is 0 Å². The average molecular weight is 297 g/mol. The van der Waals surface area contributed by atoms with E-state index in [1.165, 1.54) is 21.4 Å². The van der Waals surface area contributed by atoms with Crippen molar-refractivity contribution >= 4 is 22.7 Å². The lowest BCUT2D eigenvalue weighted by Gasteiger charge is -2.08. The van der Waals surface area contributed by atoms with Crippen LogP contribution in [0.25, 0.3) is 10.9 Å². The van der Waals surface area contributed by atoms with E-state index in [1.807, 2.05) is 24.4 Å². The van der Waals surface area contributed by atoms with E-state index in [4.69, 9.17) is 0 Å². The molecular formula is C17H19N3S. The van der Waals surface area contributed by atoms with E-state index in [9.17, 15) is 0 Å². The van der Waals surface area contributed by atoms with Gasteiger partial charge in [-0.25, -0.2) is 4.98 Å². The zero-order valence-corrected chi connectivity index (χ0v) is 13.2. The van der Waals surface area contributed by atoms with Gasteiger partial charge in [0.15, 0.2) is 0 Å². The van der Waals surface area contributed by atoms with Crippen LogP contribution < -0.4 is 0 Å². The van der Waals surface area contributed by atoms with Crippen molar-refractivity contribution < 1.29 is 0 Å². The van der Waals surface area contributed by atoms with Crippen LogP contribution in [0, 0.1) is 0 Å². The molecule has 0 saturated heterocycles. The van der Waals surface area contributed by atoms with E-state index >= 15 is 0 Å². The summed E-state index contributed by atoms with van der Waals surface area (Å²) in [5, 5.41) is 2.35. The second-order valence-corrected chi connectivity index (χ2v) is 6.44. The number of aromatic amines is 1. The number of benzene rings is 1. The number of likely N-dealkylation sites (N-methyl/N-ethyl adjacent to an activating group) is 1. The Kier molecular flexibility index (Phi) is 4.27. The Bertz CT molecular complexity index is 719.